The molecule has 104 valence electrons. The van der Waals surface area contributed by atoms with Crippen LogP contribution in [0.1, 0.15) is 26.2 Å². The number of hydrogen-bond donors (Lipinski definition) is 1. The Labute approximate surface area is 114 Å². The van der Waals surface area contributed by atoms with Crippen molar-refractivity contribution in [3.05, 3.63) is 12.4 Å². The predicted octanol–water partition coefficient (Wildman–Crippen LogP) is 1.91. The van der Waals surface area contributed by atoms with Gasteiger partial charge in [0.05, 0.1) is 12.6 Å². The third-order valence-electron chi connectivity index (χ3n) is 3.91. The summed E-state index contributed by atoms with van der Waals surface area (Å²) < 4.78 is 5.48. The van der Waals surface area contributed by atoms with Crippen LogP contribution in [0.3, 0.4) is 0 Å². The molecule has 5 heteroatoms. The summed E-state index contributed by atoms with van der Waals surface area (Å²) in [4.78, 5) is 11.1. The van der Waals surface area contributed by atoms with Gasteiger partial charge in [0.15, 0.2) is 0 Å². The molecular formula is C14H22N4O. The molecule has 2 fully saturated rings. The summed E-state index contributed by atoms with van der Waals surface area (Å²) in [5.74, 6) is 2.72. The largest absolute Gasteiger partial charge is 0.379 e. The Morgan fingerprint density at radius 3 is 3.05 bits per heavy atom. The van der Waals surface area contributed by atoms with E-state index >= 15 is 0 Å². The highest BCUT2D eigenvalue weighted by molar-refractivity contribution is 5.49. The Bertz CT molecular complexity index is 420. The smallest absolute Gasteiger partial charge is 0.134 e. The third-order valence-corrected chi connectivity index (χ3v) is 3.91. The van der Waals surface area contributed by atoms with Crippen molar-refractivity contribution in [2.75, 3.05) is 36.5 Å². The molecule has 2 aliphatic rings. The van der Waals surface area contributed by atoms with Crippen molar-refractivity contribution >= 4 is 11.6 Å². The number of ether oxygens (including phenoxy) is 1. The Morgan fingerprint density at radius 1 is 1.37 bits per heavy atom. The Balaban J connectivity index is 1.65. The van der Waals surface area contributed by atoms with Gasteiger partial charge in [-0.05, 0) is 25.2 Å². The number of anilines is 2. The van der Waals surface area contributed by atoms with Gasteiger partial charge in [0.1, 0.15) is 18.0 Å². The maximum atomic E-state index is 5.48. The summed E-state index contributed by atoms with van der Waals surface area (Å²) in [6, 6.07) is 2.45. The van der Waals surface area contributed by atoms with Crippen molar-refractivity contribution < 1.29 is 4.74 Å². The molecule has 0 bridgehead atoms. The van der Waals surface area contributed by atoms with Gasteiger partial charge in [-0.2, -0.15) is 0 Å². The average Bonchev–Trinajstić information content (AvgIpc) is 2.87. The SMILES string of the molecule is C[C@H]1CCN(c2cc(N[C@H]3CCCOC3)ncn2)C1. The molecule has 0 unspecified atom stereocenters. The number of aromatic nitrogens is 2. The van der Waals surface area contributed by atoms with E-state index < -0.39 is 0 Å². The van der Waals surface area contributed by atoms with Crippen LogP contribution in [0.5, 0.6) is 0 Å². The fourth-order valence-electron chi connectivity index (χ4n) is 2.81. The predicted molar refractivity (Wildman–Crippen MR) is 75.5 cm³/mol. The first-order valence-electron chi connectivity index (χ1n) is 7.22. The molecule has 1 aromatic heterocycles. The summed E-state index contributed by atoms with van der Waals surface area (Å²) in [5, 5.41) is 3.45. The molecule has 19 heavy (non-hydrogen) atoms. The zero-order chi connectivity index (χ0) is 13.1. The van der Waals surface area contributed by atoms with E-state index in [1.807, 2.05) is 0 Å². The van der Waals surface area contributed by atoms with Crippen LogP contribution < -0.4 is 10.2 Å². The van der Waals surface area contributed by atoms with E-state index in [1.54, 1.807) is 6.33 Å². The molecule has 5 nitrogen and oxygen atoms in total. The standard InChI is InChI=1S/C14H22N4O/c1-11-4-5-18(8-11)14-7-13(15-10-16-14)17-12-3-2-6-19-9-12/h7,10-12H,2-6,8-9H2,1H3,(H,15,16,17)/t11-,12-/m0/s1. The van der Waals surface area contributed by atoms with E-state index in [1.165, 1.54) is 6.42 Å². The van der Waals surface area contributed by atoms with Gasteiger partial charge >= 0.3 is 0 Å². The van der Waals surface area contributed by atoms with Crippen LogP contribution in [0.2, 0.25) is 0 Å². The molecule has 1 aromatic rings. The summed E-state index contributed by atoms with van der Waals surface area (Å²) >= 11 is 0. The topological polar surface area (TPSA) is 50.3 Å². The number of nitrogens with one attached hydrogen (secondary N) is 1. The molecule has 3 heterocycles. The van der Waals surface area contributed by atoms with E-state index in [4.69, 9.17) is 4.74 Å². The van der Waals surface area contributed by atoms with E-state index in [2.05, 4.69) is 33.2 Å². The molecule has 0 amide bonds. The number of rotatable bonds is 3. The van der Waals surface area contributed by atoms with Crippen LogP contribution in [0.4, 0.5) is 11.6 Å². The lowest BCUT2D eigenvalue weighted by molar-refractivity contribution is 0.0875. The normalized spacial score (nSPS) is 27.5. The van der Waals surface area contributed by atoms with Crippen molar-refractivity contribution in [2.24, 2.45) is 5.92 Å². The second-order valence-electron chi connectivity index (χ2n) is 5.66. The van der Waals surface area contributed by atoms with Crippen molar-refractivity contribution in [1.82, 2.24) is 9.97 Å². The van der Waals surface area contributed by atoms with Gasteiger partial charge in [-0.3, -0.25) is 0 Å². The zero-order valence-electron chi connectivity index (χ0n) is 11.5. The quantitative estimate of drug-likeness (QED) is 0.902. The summed E-state index contributed by atoms with van der Waals surface area (Å²) in [7, 11) is 0. The number of nitrogens with zero attached hydrogens (tertiary/aromatic N) is 3. The molecular weight excluding hydrogens is 240 g/mol. The molecule has 2 saturated heterocycles. The number of hydrogen-bond acceptors (Lipinski definition) is 5. The van der Waals surface area contributed by atoms with Gasteiger partial charge in [0.2, 0.25) is 0 Å². The highest BCUT2D eigenvalue weighted by Crippen LogP contribution is 2.23. The maximum absolute atomic E-state index is 5.48. The van der Waals surface area contributed by atoms with Crippen LogP contribution >= 0.6 is 0 Å². The van der Waals surface area contributed by atoms with Crippen LogP contribution in [0, 0.1) is 5.92 Å². The van der Waals surface area contributed by atoms with E-state index in [0.717, 1.165) is 56.7 Å². The highest BCUT2D eigenvalue weighted by atomic mass is 16.5. The second kappa shape index (κ2) is 5.74. The summed E-state index contributed by atoms with van der Waals surface area (Å²) in [6.45, 7) is 6.16. The first kappa shape index (κ1) is 12.7. The minimum atomic E-state index is 0.383. The zero-order valence-corrected chi connectivity index (χ0v) is 11.5. The van der Waals surface area contributed by atoms with Crippen molar-refractivity contribution in [3.63, 3.8) is 0 Å². The summed E-state index contributed by atoms with van der Waals surface area (Å²) in [5.41, 5.74) is 0. The Kier molecular flexibility index (Phi) is 3.82. The van der Waals surface area contributed by atoms with Gasteiger partial charge in [0, 0.05) is 25.8 Å². The first-order chi connectivity index (χ1) is 9.31. The maximum Gasteiger partial charge on any atom is 0.134 e. The molecule has 1 N–H and O–H groups in total. The lowest BCUT2D eigenvalue weighted by atomic mass is 10.1. The van der Waals surface area contributed by atoms with Crippen molar-refractivity contribution in [2.45, 2.75) is 32.2 Å². The Hall–Kier alpha value is -1.36. The van der Waals surface area contributed by atoms with Crippen LogP contribution in [0.15, 0.2) is 12.4 Å². The minimum Gasteiger partial charge on any atom is -0.379 e. The molecule has 2 atom stereocenters. The average molecular weight is 262 g/mol. The van der Waals surface area contributed by atoms with Crippen LogP contribution in [0.25, 0.3) is 0 Å². The molecule has 0 radical (unpaired) electrons. The van der Waals surface area contributed by atoms with Crippen molar-refractivity contribution in [3.8, 4) is 0 Å². The van der Waals surface area contributed by atoms with Gasteiger partial charge in [-0.15, -0.1) is 0 Å². The van der Waals surface area contributed by atoms with E-state index in [9.17, 15) is 0 Å². The van der Waals surface area contributed by atoms with Crippen molar-refractivity contribution in [1.29, 1.82) is 0 Å². The van der Waals surface area contributed by atoms with Gasteiger partial charge in [-0.25, -0.2) is 9.97 Å². The molecule has 0 aliphatic carbocycles. The minimum absolute atomic E-state index is 0.383. The van der Waals surface area contributed by atoms with Gasteiger partial charge in [0.25, 0.3) is 0 Å². The van der Waals surface area contributed by atoms with Crippen LogP contribution in [-0.2, 0) is 4.74 Å². The van der Waals surface area contributed by atoms with E-state index in [0.29, 0.717) is 6.04 Å². The fraction of sp³-hybridized carbons (Fsp3) is 0.714. The first-order valence-corrected chi connectivity index (χ1v) is 7.22. The third kappa shape index (κ3) is 3.15. The monoisotopic (exact) mass is 262 g/mol. The second-order valence-corrected chi connectivity index (χ2v) is 5.66. The van der Waals surface area contributed by atoms with Crippen LogP contribution in [-0.4, -0.2) is 42.3 Å². The highest BCUT2D eigenvalue weighted by Gasteiger charge is 2.20. The lowest BCUT2D eigenvalue weighted by Gasteiger charge is -2.24. The molecule has 0 saturated carbocycles. The molecule has 0 spiro atoms. The Morgan fingerprint density at radius 2 is 2.32 bits per heavy atom. The lowest BCUT2D eigenvalue weighted by Crippen LogP contribution is -2.30. The molecule has 0 aromatic carbocycles. The fourth-order valence-corrected chi connectivity index (χ4v) is 2.81. The molecule has 3 rings (SSSR count). The molecule has 2 aliphatic heterocycles. The summed E-state index contributed by atoms with van der Waals surface area (Å²) in [6.07, 6.45) is 5.19. The van der Waals surface area contributed by atoms with E-state index in [-0.39, 0.29) is 0 Å². The van der Waals surface area contributed by atoms with Gasteiger partial charge < -0.3 is 15.0 Å². The van der Waals surface area contributed by atoms with Gasteiger partial charge in [-0.1, -0.05) is 6.92 Å².